The fourth-order valence-corrected chi connectivity index (χ4v) is 5.23. The molecule has 2 N–H and O–H groups in total. The summed E-state index contributed by atoms with van der Waals surface area (Å²) in [6.45, 7) is 10.9. The molecule has 0 spiro atoms. The summed E-state index contributed by atoms with van der Waals surface area (Å²) in [5.41, 5.74) is 1.33. The van der Waals surface area contributed by atoms with Gasteiger partial charge < -0.3 is 24.4 Å². The van der Waals surface area contributed by atoms with Gasteiger partial charge in [-0.3, -0.25) is 4.90 Å². The maximum absolute atomic E-state index is 12.0. The van der Waals surface area contributed by atoms with Gasteiger partial charge in [0, 0.05) is 16.6 Å². The number of aliphatic carboxylic acids is 2. The Hall–Kier alpha value is -4.25. The van der Waals surface area contributed by atoms with E-state index in [-0.39, 0.29) is 22.8 Å². The predicted molar refractivity (Wildman–Crippen MR) is 167 cm³/mol. The first kappa shape index (κ1) is 35.2. The van der Waals surface area contributed by atoms with E-state index in [0.29, 0.717) is 6.04 Å². The Balaban J connectivity index is 0.000000257. The fourth-order valence-electron chi connectivity index (χ4n) is 5.03. The van der Waals surface area contributed by atoms with Gasteiger partial charge >= 0.3 is 23.9 Å². The summed E-state index contributed by atoms with van der Waals surface area (Å²) < 4.78 is 15.6. The van der Waals surface area contributed by atoms with Gasteiger partial charge in [0.1, 0.15) is 0 Å². The van der Waals surface area contributed by atoms with Gasteiger partial charge in [-0.15, -0.1) is 0 Å². The van der Waals surface area contributed by atoms with E-state index in [1.807, 2.05) is 18.2 Å². The number of esters is 2. The third-order valence-corrected chi connectivity index (χ3v) is 7.45. The second kappa shape index (κ2) is 16.2. The zero-order valence-corrected chi connectivity index (χ0v) is 26.3. The molecular formula is C34H38ClNO9. The van der Waals surface area contributed by atoms with Crippen LogP contribution >= 0.6 is 11.6 Å². The van der Waals surface area contributed by atoms with Gasteiger partial charge in [-0.1, -0.05) is 67.1 Å². The summed E-state index contributed by atoms with van der Waals surface area (Å²) >= 11 is 6.10. The van der Waals surface area contributed by atoms with Crippen LogP contribution in [0.5, 0.6) is 0 Å². The monoisotopic (exact) mass is 639 g/mol. The predicted octanol–water partition coefficient (Wildman–Crippen LogP) is 5.90. The van der Waals surface area contributed by atoms with E-state index >= 15 is 0 Å². The van der Waals surface area contributed by atoms with Crippen molar-refractivity contribution >= 4 is 35.5 Å². The molecule has 1 saturated heterocycles. The Kier molecular flexibility index (Phi) is 12.7. The van der Waals surface area contributed by atoms with E-state index in [2.05, 4.69) is 38.7 Å². The first-order valence-electron chi connectivity index (χ1n) is 14.5. The maximum Gasteiger partial charge on any atom is 0.349 e. The van der Waals surface area contributed by atoms with E-state index in [1.165, 1.54) is 54.1 Å². The minimum absolute atomic E-state index is 0.0253. The van der Waals surface area contributed by atoms with Crippen LogP contribution in [0.4, 0.5) is 0 Å². The van der Waals surface area contributed by atoms with Crippen LogP contribution in [0.3, 0.4) is 0 Å². The molecule has 1 aliphatic heterocycles. The number of hydrogen-bond donors (Lipinski definition) is 2. The van der Waals surface area contributed by atoms with Crippen molar-refractivity contribution in [3.63, 3.8) is 0 Å². The largest absolute Gasteiger partial charge is 0.478 e. The lowest BCUT2D eigenvalue weighted by Crippen LogP contribution is -2.58. The van der Waals surface area contributed by atoms with Crippen molar-refractivity contribution in [2.45, 2.75) is 64.0 Å². The molecule has 1 aliphatic rings. The minimum Gasteiger partial charge on any atom is -0.478 e. The van der Waals surface area contributed by atoms with Crippen molar-refractivity contribution in [3.05, 3.63) is 107 Å². The number of benzene rings is 3. The molecule has 11 heteroatoms. The standard InChI is InChI=1S/C18H14O8.C16H24ClNO/c19-15(20)13(25-17(23)11-7-3-1-4-8-11)14(16(21)22)26-18(24)12-9-5-2-6-10-12;1-5-9-18-12(2)15(19-11-16(18,3)4)13-7-6-8-14(17)10-13/h1-10,13-14H,(H,19,20)(H,21,22);6-8,10,12,15H,5,9,11H2,1-4H3/t13-,14-;12-,15+/m10/s1. The number of ether oxygens (including phenoxy) is 3. The molecule has 3 aromatic rings. The quantitative estimate of drug-likeness (QED) is 0.258. The number of rotatable bonds is 10. The van der Waals surface area contributed by atoms with Crippen LogP contribution in [0.2, 0.25) is 5.02 Å². The highest BCUT2D eigenvalue weighted by atomic mass is 35.5. The van der Waals surface area contributed by atoms with Gasteiger partial charge in [-0.2, -0.15) is 0 Å². The van der Waals surface area contributed by atoms with Crippen molar-refractivity contribution in [2.24, 2.45) is 0 Å². The number of morpholine rings is 1. The second-order valence-corrected chi connectivity index (χ2v) is 11.5. The maximum atomic E-state index is 12.0. The summed E-state index contributed by atoms with van der Waals surface area (Å²) in [6.07, 6.45) is -3.16. The third kappa shape index (κ3) is 9.62. The molecule has 4 atom stereocenters. The lowest BCUT2D eigenvalue weighted by atomic mass is 9.92. The number of halogens is 1. The number of carbonyl (C=O) groups is 4. The summed E-state index contributed by atoms with van der Waals surface area (Å²) in [6, 6.07) is 23.2. The highest BCUT2D eigenvalue weighted by Gasteiger charge is 2.41. The van der Waals surface area contributed by atoms with E-state index in [0.717, 1.165) is 24.6 Å². The molecule has 0 unspecified atom stereocenters. The average Bonchev–Trinajstić information content (AvgIpc) is 3.01. The highest BCUT2D eigenvalue weighted by molar-refractivity contribution is 6.30. The molecule has 4 rings (SSSR count). The Labute approximate surface area is 267 Å². The fraction of sp³-hybridized carbons (Fsp3) is 0.353. The smallest absolute Gasteiger partial charge is 0.349 e. The van der Waals surface area contributed by atoms with Crippen LogP contribution in [-0.2, 0) is 23.8 Å². The molecular weight excluding hydrogens is 602 g/mol. The first-order chi connectivity index (χ1) is 21.4. The van der Waals surface area contributed by atoms with Crippen molar-refractivity contribution in [1.82, 2.24) is 4.90 Å². The molecule has 10 nitrogen and oxygen atoms in total. The molecule has 0 aliphatic carbocycles. The molecule has 1 fully saturated rings. The van der Waals surface area contributed by atoms with Gasteiger partial charge in [0.05, 0.1) is 23.8 Å². The molecule has 45 heavy (non-hydrogen) atoms. The Morgan fingerprint density at radius 2 is 1.36 bits per heavy atom. The summed E-state index contributed by atoms with van der Waals surface area (Å²) in [4.78, 5) is 49.4. The Morgan fingerprint density at radius 3 is 1.78 bits per heavy atom. The molecule has 0 bridgehead atoms. The van der Waals surface area contributed by atoms with Crippen molar-refractivity contribution < 1.29 is 43.6 Å². The summed E-state index contributed by atoms with van der Waals surface area (Å²) in [7, 11) is 0. The minimum atomic E-state index is -2.21. The van der Waals surface area contributed by atoms with E-state index in [1.54, 1.807) is 12.1 Å². The SMILES string of the molecule is CCCN1[C@@H](C)[C@H](c2cccc(Cl)c2)OCC1(C)C.O=C(O[C@@H](C(=O)O)[C@@H](OC(=O)c1ccccc1)C(=O)O)c1ccccc1. The highest BCUT2D eigenvalue weighted by Crippen LogP contribution is 2.36. The molecule has 1 heterocycles. The van der Waals surface area contributed by atoms with Crippen LogP contribution in [0.25, 0.3) is 0 Å². The van der Waals surface area contributed by atoms with Crippen LogP contribution in [-0.4, -0.2) is 75.9 Å². The number of nitrogens with zero attached hydrogens (tertiary/aromatic N) is 1. The summed E-state index contributed by atoms with van der Waals surface area (Å²) in [5.74, 6) is -5.63. The van der Waals surface area contributed by atoms with Crippen LogP contribution in [0, 0.1) is 0 Å². The number of carboxylic acid groups (broad SMARTS) is 2. The lowest BCUT2D eigenvalue weighted by molar-refractivity contribution is -0.166. The number of carbonyl (C=O) groups excluding carboxylic acids is 2. The molecule has 0 amide bonds. The van der Waals surface area contributed by atoms with Crippen LogP contribution in [0.1, 0.15) is 66.5 Å². The van der Waals surface area contributed by atoms with Crippen molar-refractivity contribution in [3.8, 4) is 0 Å². The van der Waals surface area contributed by atoms with Gasteiger partial charge in [0.25, 0.3) is 0 Å². The van der Waals surface area contributed by atoms with E-state index < -0.39 is 36.1 Å². The van der Waals surface area contributed by atoms with Gasteiger partial charge in [0.2, 0.25) is 12.2 Å². The number of hydrogen-bond acceptors (Lipinski definition) is 8. The van der Waals surface area contributed by atoms with Crippen LogP contribution in [0.15, 0.2) is 84.9 Å². The molecule has 0 aromatic heterocycles. The third-order valence-electron chi connectivity index (χ3n) is 7.21. The molecule has 240 valence electrons. The topological polar surface area (TPSA) is 140 Å². The number of carboxylic acids is 2. The average molecular weight is 640 g/mol. The Morgan fingerprint density at radius 1 is 0.867 bits per heavy atom. The van der Waals surface area contributed by atoms with Gasteiger partial charge in [-0.25, -0.2) is 19.2 Å². The Bertz CT molecular complexity index is 1380. The lowest BCUT2D eigenvalue weighted by Gasteiger charge is -2.50. The van der Waals surface area contributed by atoms with E-state index in [4.69, 9.17) is 25.8 Å². The molecule has 3 aromatic carbocycles. The van der Waals surface area contributed by atoms with E-state index in [9.17, 15) is 29.4 Å². The molecule has 0 saturated carbocycles. The van der Waals surface area contributed by atoms with Gasteiger partial charge in [0.15, 0.2) is 0 Å². The summed E-state index contributed by atoms with van der Waals surface area (Å²) in [5, 5.41) is 19.3. The zero-order valence-electron chi connectivity index (χ0n) is 25.6. The first-order valence-corrected chi connectivity index (χ1v) is 14.8. The molecule has 0 radical (unpaired) electrons. The van der Waals surface area contributed by atoms with Crippen molar-refractivity contribution in [1.29, 1.82) is 0 Å². The van der Waals surface area contributed by atoms with Crippen molar-refractivity contribution in [2.75, 3.05) is 13.2 Å². The zero-order chi connectivity index (χ0) is 33.1. The second-order valence-electron chi connectivity index (χ2n) is 11.1. The normalized spacial score (nSPS) is 18.8. The van der Waals surface area contributed by atoms with Crippen LogP contribution < -0.4 is 0 Å². The van der Waals surface area contributed by atoms with Gasteiger partial charge in [-0.05, 0) is 75.7 Å².